The summed E-state index contributed by atoms with van der Waals surface area (Å²) in [6.07, 6.45) is 3.81. The lowest BCUT2D eigenvalue weighted by Gasteiger charge is -2.12. The highest BCUT2D eigenvalue weighted by atomic mass is 16.5. The molecular weight excluding hydrogens is 314 g/mol. The van der Waals surface area contributed by atoms with Crippen molar-refractivity contribution >= 4 is 10.8 Å². The second-order valence-corrected chi connectivity index (χ2v) is 6.04. The topological polar surface area (TPSA) is 53.1 Å². The summed E-state index contributed by atoms with van der Waals surface area (Å²) in [6, 6.07) is 12.3. The van der Waals surface area contributed by atoms with Gasteiger partial charge in [0.2, 0.25) is 0 Å². The maximum Gasteiger partial charge on any atom is 0.140 e. The fourth-order valence-corrected chi connectivity index (χ4v) is 3.22. The first-order chi connectivity index (χ1) is 12.2. The van der Waals surface area contributed by atoms with Crippen molar-refractivity contribution in [2.45, 2.75) is 20.4 Å². The van der Waals surface area contributed by atoms with Gasteiger partial charge < -0.3 is 13.8 Å². The molecule has 126 valence electrons. The van der Waals surface area contributed by atoms with Gasteiger partial charge in [0.1, 0.15) is 17.3 Å². The van der Waals surface area contributed by atoms with Crippen LogP contribution in [0.4, 0.5) is 0 Å². The highest BCUT2D eigenvalue weighted by Gasteiger charge is 2.15. The van der Waals surface area contributed by atoms with E-state index in [-0.39, 0.29) is 0 Å². The molecular formula is C20H19N3O2. The molecule has 0 aliphatic rings. The summed E-state index contributed by atoms with van der Waals surface area (Å²) in [4.78, 5) is 4.60. The van der Waals surface area contributed by atoms with Gasteiger partial charge in [-0.25, -0.2) is 4.98 Å². The third-order valence-electron chi connectivity index (χ3n) is 4.57. The number of rotatable bonds is 4. The maximum absolute atomic E-state index is 5.50. The lowest BCUT2D eigenvalue weighted by Crippen LogP contribution is -2.03. The molecule has 5 heteroatoms. The standard InChI is InChI=1S/C20H19N3O2/c1-13-18(14(2)25-22-13)12-23-11-10-21-20(23)17-8-9-19(24-3)16-7-5-4-6-15(16)17/h4-11H,12H2,1-3H3. The quantitative estimate of drug-likeness (QED) is 0.556. The summed E-state index contributed by atoms with van der Waals surface area (Å²) in [6.45, 7) is 4.58. The summed E-state index contributed by atoms with van der Waals surface area (Å²) in [7, 11) is 1.69. The zero-order chi connectivity index (χ0) is 17.4. The van der Waals surface area contributed by atoms with Gasteiger partial charge in [0.05, 0.1) is 19.3 Å². The molecule has 5 nitrogen and oxygen atoms in total. The first-order valence-electron chi connectivity index (χ1n) is 8.18. The highest BCUT2D eigenvalue weighted by Crippen LogP contribution is 2.34. The number of methoxy groups -OCH3 is 1. The van der Waals surface area contributed by atoms with Crippen molar-refractivity contribution < 1.29 is 9.26 Å². The van der Waals surface area contributed by atoms with Crippen molar-refractivity contribution in [3.63, 3.8) is 0 Å². The van der Waals surface area contributed by atoms with Crippen LogP contribution in [0.5, 0.6) is 5.75 Å². The molecule has 0 unspecified atom stereocenters. The van der Waals surface area contributed by atoms with Crippen molar-refractivity contribution in [2.24, 2.45) is 0 Å². The minimum Gasteiger partial charge on any atom is -0.496 e. The van der Waals surface area contributed by atoms with E-state index in [4.69, 9.17) is 9.26 Å². The summed E-state index contributed by atoms with van der Waals surface area (Å²) in [5.41, 5.74) is 3.09. The molecule has 0 spiro atoms. The van der Waals surface area contributed by atoms with Gasteiger partial charge in [-0.05, 0) is 31.4 Å². The van der Waals surface area contributed by atoms with Crippen molar-refractivity contribution in [3.05, 3.63) is 65.8 Å². The largest absolute Gasteiger partial charge is 0.496 e. The van der Waals surface area contributed by atoms with Crippen molar-refractivity contribution in [1.29, 1.82) is 0 Å². The molecule has 25 heavy (non-hydrogen) atoms. The predicted molar refractivity (Wildman–Crippen MR) is 96.8 cm³/mol. The van der Waals surface area contributed by atoms with Gasteiger partial charge in [0, 0.05) is 28.9 Å². The molecule has 2 aromatic carbocycles. The number of benzene rings is 2. The number of aromatic nitrogens is 3. The number of hydrogen-bond acceptors (Lipinski definition) is 4. The van der Waals surface area contributed by atoms with E-state index in [0.29, 0.717) is 6.54 Å². The predicted octanol–water partition coefficient (Wildman–Crippen LogP) is 4.37. The van der Waals surface area contributed by atoms with Gasteiger partial charge >= 0.3 is 0 Å². The van der Waals surface area contributed by atoms with Gasteiger partial charge in [-0.1, -0.05) is 29.4 Å². The van der Waals surface area contributed by atoms with E-state index in [1.165, 1.54) is 0 Å². The Morgan fingerprint density at radius 2 is 1.88 bits per heavy atom. The van der Waals surface area contributed by atoms with Gasteiger partial charge in [-0.2, -0.15) is 0 Å². The molecule has 2 aromatic heterocycles. The van der Waals surface area contributed by atoms with E-state index >= 15 is 0 Å². The minimum atomic E-state index is 0.677. The zero-order valence-corrected chi connectivity index (χ0v) is 14.5. The minimum absolute atomic E-state index is 0.677. The molecule has 0 fully saturated rings. The van der Waals surface area contributed by atoms with Crippen LogP contribution >= 0.6 is 0 Å². The Morgan fingerprint density at radius 1 is 1.08 bits per heavy atom. The van der Waals surface area contributed by atoms with E-state index in [9.17, 15) is 0 Å². The van der Waals surface area contributed by atoms with Crippen LogP contribution in [-0.2, 0) is 6.54 Å². The molecule has 0 saturated carbocycles. The van der Waals surface area contributed by atoms with E-state index in [0.717, 1.165) is 44.9 Å². The molecule has 4 aromatic rings. The van der Waals surface area contributed by atoms with Crippen LogP contribution in [0.15, 0.2) is 53.3 Å². The molecule has 0 bridgehead atoms. The molecule has 2 heterocycles. The summed E-state index contributed by atoms with van der Waals surface area (Å²) in [5, 5.41) is 6.24. The van der Waals surface area contributed by atoms with Crippen LogP contribution < -0.4 is 4.74 Å². The number of aryl methyl sites for hydroxylation is 2. The second-order valence-electron chi connectivity index (χ2n) is 6.04. The van der Waals surface area contributed by atoms with Gasteiger partial charge in [-0.3, -0.25) is 0 Å². The summed E-state index contributed by atoms with van der Waals surface area (Å²) < 4.78 is 12.9. The first kappa shape index (κ1) is 15.4. The lowest BCUT2D eigenvalue weighted by atomic mass is 10.0. The van der Waals surface area contributed by atoms with Crippen molar-refractivity contribution in [3.8, 4) is 17.1 Å². The molecule has 0 N–H and O–H groups in total. The van der Waals surface area contributed by atoms with Crippen molar-refractivity contribution in [2.75, 3.05) is 7.11 Å². The van der Waals surface area contributed by atoms with Crippen LogP contribution in [0, 0.1) is 13.8 Å². The van der Waals surface area contributed by atoms with E-state index in [2.05, 4.69) is 32.9 Å². The van der Waals surface area contributed by atoms with Crippen LogP contribution in [0.2, 0.25) is 0 Å². The van der Waals surface area contributed by atoms with E-state index < -0.39 is 0 Å². The Labute approximate surface area is 145 Å². The summed E-state index contributed by atoms with van der Waals surface area (Å²) in [5.74, 6) is 2.62. The fraction of sp³-hybridized carbons (Fsp3) is 0.200. The smallest absolute Gasteiger partial charge is 0.140 e. The van der Waals surface area contributed by atoms with Crippen LogP contribution in [0.1, 0.15) is 17.0 Å². The molecule has 0 aliphatic heterocycles. The Morgan fingerprint density at radius 3 is 2.60 bits per heavy atom. The van der Waals surface area contributed by atoms with Crippen LogP contribution in [-0.4, -0.2) is 21.8 Å². The first-order valence-corrected chi connectivity index (χ1v) is 8.18. The number of imidazole rings is 1. The van der Waals surface area contributed by atoms with Gasteiger partial charge in [-0.15, -0.1) is 0 Å². The van der Waals surface area contributed by atoms with E-state index in [1.54, 1.807) is 7.11 Å². The average molecular weight is 333 g/mol. The monoisotopic (exact) mass is 333 g/mol. The van der Waals surface area contributed by atoms with Crippen LogP contribution in [0.25, 0.3) is 22.2 Å². The third-order valence-corrected chi connectivity index (χ3v) is 4.57. The second kappa shape index (κ2) is 6.09. The normalized spacial score (nSPS) is 11.2. The molecule has 0 saturated heterocycles. The Hall–Kier alpha value is -3.08. The Bertz CT molecular complexity index is 1030. The molecule has 4 rings (SSSR count). The number of nitrogens with zero attached hydrogens (tertiary/aromatic N) is 3. The third kappa shape index (κ3) is 2.58. The Balaban J connectivity index is 1.85. The average Bonchev–Trinajstić information content (AvgIpc) is 3.22. The molecule has 0 aliphatic carbocycles. The highest BCUT2D eigenvalue weighted by molar-refractivity contribution is 5.98. The Kier molecular flexibility index (Phi) is 3.76. The molecule has 0 radical (unpaired) electrons. The summed E-state index contributed by atoms with van der Waals surface area (Å²) >= 11 is 0. The number of fused-ring (bicyclic) bond motifs is 1. The van der Waals surface area contributed by atoms with Crippen LogP contribution in [0.3, 0.4) is 0 Å². The number of ether oxygens (including phenoxy) is 1. The van der Waals surface area contributed by atoms with E-state index in [1.807, 2.05) is 44.4 Å². The van der Waals surface area contributed by atoms with Gasteiger partial charge in [0.25, 0.3) is 0 Å². The van der Waals surface area contributed by atoms with Crippen molar-refractivity contribution in [1.82, 2.24) is 14.7 Å². The zero-order valence-electron chi connectivity index (χ0n) is 14.5. The lowest BCUT2D eigenvalue weighted by molar-refractivity contribution is 0.392. The van der Waals surface area contributed by atoms with Gasteiger partial charge in [0.15, 0.2) is 0 Å². The molecule has 0 amide bonds. The maximum atomic E-state index is 5.50. The SMILES string of the molecule is COc1ccc(-c2nccn2Cc2c(C)noc2C)c2ccccc12. The fourth-order valence-electron chi connectivity index (χ4n) is 3.22. The number of hydrogen-bond donors (Lipinski definition) is 0. The molecule has 0 atom stereocenters.